The van der Waals surface area contributed by atoms with Gasteiger partial charge in [0, 0.05) is 16.8 Å². The molecule has 5 nitrogen and oxygen atoms in total. The van der Waals surface area contributed by atoms with Gasteiger partial charge in [0.05, 0.1) is 19.3 Å². The number of benzene rings is 2. The van der Waals surface area contributed by atoms with E-state index in [1.54, 1.807) is 18.4 Å². The van der Waals surface area contributed by atoms with Crippen molar-refractivity contribution >= 4 is 34.1 Å². The molecule has 4 rings (SSSR count). The summed E-state index contributed by atoms with van der Waals surface area (Å²) in [7, 11) is 1.65. The van der Waals surface area contributed by atoms with Gasteiger partial charge in [-0.1, -0.05) is 44.4 Å². The van der Waals surface area contributed by atoms with E-state index < -0.39 is 0 Å². The highest BCUT2D eigenvalue weighted by molar-refractivity contribution is 7.16. The van der Waals surface area contributed by atoms with Crippen molar-refractivity contribution in [1.29, 1.82) is 0 Å². The molecule has 0 aliphatic heterocycles. The standard InChI is InChI=1S/C29H34N2O3S/c1-3-4-18-34-24-17-16-21(19-25(24)33-2)20-30-29-27(28(32)31-22-12-8-7-9-13-22)23-14-10-5-6-11-15-26(23)35-29/h7-9,12-13,16-17,19-20H,3-6,10-11,14-15,18H2,1-2H3,(H,31,32). The Morgan fingerprint density at radius 2 is 1.86 bits per heavy atom. The summed E-state index contributed by atoms with van der Waals surface area (Å²) in [5, 5.41) is 3.85. The first kappa shape index (κ1) is 25.0. The molecule has 1 heterocycles. The number of carbonyl (C=O) groups excluding carboxylic acids is 1. The van der Waals surface area contributed by atoms with E-state index in [4.69, 9.17) is 14.5 Å². The van der Waals surface area contributed by atoms with Crippen LogP contribution in [0.3, 0.4) is 0 Å². The van der Waals surface area contributed by atoms with Crippen molar-refractivity contribution < 1.29 is 14.3 Å². The van der Waals surface area contributed by atoms with Crippen molar-refractivity contribution in [3.05, 3.63) is 70.1 Å². The second kappa shape index (κ2) is 12.5. The topological polar surface area (TPSA) is 59.9 Å². The average Bonchev–Trinajstić information content (AvgIpc) is 3.20. The minimum absolute atomic E-state index is 0.0846. The van der Waals surface area contributed by atoms with Gasteiger partial charge in [0.15, 0.2) is 11.5 Å². The fraction of sp³-hybridized carbons (Fsp3) is 0.379. The van der Waals surface area contributed by atoms with Gasteiger partial charge in [-0.15, -0.1) is 11.3 Å². The Hall–Kier alpha value is -3.12. The van der Waals surface area contributed by atoms with Crippen LogP contribution in [-0.2, 0) is 12.8 Å². The quantitative estimate of drug-likeness (QED) is 0.248. The van der Waals surface area contributed by atoms with Gasteiger partial charge in [-0.25, -0.2) is 4.99 Å². The minimum atomic E-state index is -0.0846. The summed E-state index contributed by atoms with van der Waals surface area (Å²) in [5.41, 5.74) is 3.59. The van der Waals surface area contributed by atoms with Crippen molar-refractivity contribution in [2.45, 2.75) is 58.3 Å². The summed E-state index contributed by atoms with van der Waals surface area (Å²) < 4.78 is 11.4. The summed E-state index contributed by atoms with van der Waals surface area (Å²) >= 11 is 1.65. The van der Waals surface area contributed by atoms with Crippen molar-refractivity contribution in [3.63, 3.8) is 0 Å². The van der Waals surface area contributed by atoms with Crippen LogP contribution in [-0.4, -0.2) is 25.8 Å². The molecule has 0 spiro atoms. The number of nitrogens with zero attached hydrogens (tertiary/aromatic N) is 1. The third-order valence-corrected chi connectivity index (χ3v) is 7.39. The Kier molecular flexibility index (Phi) is 8.96. The number of nitrogens with one attached hydrogen (secondary N) is 1. The van der Waals surface area contributed by atoms with Crippen LogP contribution < -0.4 is 14.8 Å². The summed E-state index contributed by atoms with van der Waals surface area (Å²) in [6.07, 6.45) is 10.6. The van der Waals surface area contributed by atoms with Gasteiger partial charge in [0.25, 0.3) is 5.91 Å². The molecule has 0 unspecified atom stereocenters. The third-order valence-electron chi connectivity index (χ3n) is 6.19. The molecule has 0 fully saturated rings. The number of methoxy groups -OCH3 is 1. The number of rotatable bonds is 9. The number of anilines is 1. The summed E-state index contributed by atoms with van der Waals surface area (Å²) in [4.78, 5) is 19.6. The fourth-order valence-electron chi connectivity index (χ4n) is 4.29. The van der Waals surface area contributed by atoms with Gasteiger partial charge in [-0.05, 0) is 73.6 Å². The molecule has 0 atom stereocenters. The highest BCUT2D eigenvalue weighted by Gasteiger charge is 2.24. The van der Waals surface area contributed by atoms with Crippen molar-refractivity contribution in [1.82, 2.24) is 0 Å². The van der Waals surface area contributed by atoms with E-state index >= 15 is 0 Å². The zero-order valence-corrected chi connectivity index (χ0v) is 21.5. The lowest BCUT2D eigenvalue weighted by atomic mass is 9.96. The number of carbonyl (C=O) groups is 1. The number of amides is 1. The SMILES string of the molecule is CCCCOc1ccc(C=Nc2sc3c(c2C(=O)Nc2ccccc2)CCCCCC3)cc1OC. The third kappa shape index (κ3) is 6.51. The lowest BCUT2D eigenvalue weighted by molar-refractivity contribution is 0.102. The molecule has 1 amide bonds. The van der Waals surface area contributed by atoms with Crippen LogP contribution in [0, 0.1) is 0 Å². The smallest absolute Gasteiger partial charge is 0.259 e. The van der Waals surface area contributed by atoms with E-state index in [-0.39, 0.29) is 5.91 Å². The summed E-state index contributed by atoms with van der Waals surface area (Å²) in [6.45, 7) is 2.81. The van der Waals surface area contributed by atoms with Gasteiger partial charge in [-0.2, -0.15) is 0 Å². The number of unbranched alkanes of at least 4 members (excludes halogenated alkanes) is 1. The Morgan fingerprint density at radius 1 is 1.06 bits per heavy atom. The molecule has 2 aromatic carbocycles. The van der Waals surface area contributed by atoms with Crippen LogP contribution in [0.5, 0.6) is 11.5 Å². The largest absolute Gasteiger partial charge is 0.493 e. The number of fused-ring (bicyclic) bond motifs is 1. The van der Waals surface area contributed by atoms with Gasteiger partial charge in [0.1, 0.15) is 5.00 Å². The van der Waals surface area contributed by atoms with E-state index in [1.807, 2.05) is 54.7 Å². The lowest BCUT2D eigenvalue weighted by Crippen LogP contribution is -2.14. The Labute approximate surface area is 212 Å². The van der Waals surface area contributed by atoms with Gasteiger partial charge >= 0.3 is 0 Å². The van der Waals surface area contributed by atoms with Crippen LogP contribution in [0.2, 0.25) is 0 Å². The molecule has 1 aliphatic carbocycles. The van der Waals surface area contributed by atoms with E-state index in [9.17, 15) is 4.79 Å². The number of thiophene rings is 1. The predicted octanol–water partition coefficient (Wildman–Crippen LogP) is 7.60. The first-order valence-corrected chi connectivity index (χ1v) is 13.4. The van der Waals surface area contributed by atoms with E-state index in [0.29, 0.717) is 12.4 Å². The van der Waals surface area contributed by atoms with Crippen molar-refractivity contribution in [2.24, 2.45) is 4.99 Å². The average molecular weight is 491 g/mol. The highest BCUT2D eigenvalue weighted by atomic mass is 32.1. The second-order valence-electron chi connectivity index (χ2n) is 8.79. The molecule has 1 N–H and O–H groups in total. The van der Waals surface area contributed by atoms with E-state index in [0.717, 1.165) is 66.1 Å². The number of aryl methyl sites for hydroxylation is 1. The van der Waals surface area contributed by atoms with Crippen LogP contribution in [0.25, 0.3) is 0 Å². The number of aliphatic imine (C=N–C) groups is 1. The number of ether oxygens (including phenoxy) is 2. The lowest BCUT2D eigenvalue weighted by Gasteiger charge is -2.12. The van der Waals surface area contributed by atoms with Crippen LogP contribution in [0.15, 0.2) is 53.5 Å². The monoisotopic (exact) mass is 490 g/mol. The van der Waals surface area contributed by atoms with Crippen LogP contribution in [0.1, 0.15) is 71.8 Å². The molecule has 1 aliphatic rings. The van der Waals surface area contributed by atoms with E-state index in [1.165, 1.54) is 23.3 Å². The number of hydrogen-bond acceptors (Lipinski definition) is 5. The molecular formula is C29H34N2O3S. The molecule has 0 radical (unpaired) electrons. The molecule has 184 valence electrons. The summed E-state index contributed by atoms with van der Waals surface area (Å²) in [6, 6.07) is 15.4. The maximum Gasteiger partial charge on any atom is 0.259 e. The van der Waals surface area contributed by atoms with E-state index in [2.05, 4.69) is 12.2 Å². The highest BCUT2D eigenvalue weighted by Crippen LogP contribution is 2.39. The summed E-state index contributed by atoms with van der Waals surface area (Å²) in [5.74, 6) is 1.34. The number of para-hydroxylation sites is 1. The molecule has 3 aromatic rings. The number of hydrogen-bond donors (Lipinski definition) is 1. The Bertz CT molecular complexity index is 1150. The van der Waals surface area contributed by atoms with Crippen LogP contribution in [0.4, 0.5) is 10.7 Å². The van der Waals surface area contributed by atoms with Crippen LogP contribution >= 0.6 is 11.3 Å². The van der Waals surface area contributed by atoms with Crippen molar-refractivity contribution in [3.8, 4) is 11.5 Å². The molecule has 35 heavy (non-hydrogen) atoms. The first-order chi connectivity index (χ1) is 17.2. The second-order valence-corrected chi connectivity index (χ2v) is 9.87. The molecule has 0 saturated heterocycles. The maximum absolute atomic E-state index is 13.4. The van der Waals surface area contributed by atoms with Gasteiger partial charge in [-0.3, -0.25) is 4.79 Å². The minimum Gasteiger partial charge on any atom is -0.493 e. The first-order valence-electron chi connectivity index (χ1n) is 12.6. The fourth-order valence-corrected chi connectivity index (χ4v) is 5.52. The van der Waals surface area contributed by atoms with Crippen molar-refractivity contribution in [2.75, 3.05) is 19.0 Å². The Morgan fingerprint density at radius 3 is 2.63 bits per heavy atom. The molecule has 0 bridgehead atoms. The zero-order valence-electron chi connectivity index (χ0n) is 20.6. The molecule has 6 heteroatoms. The maximum atomic E-state index is 13.4. The van der Waals surface area contributed by atoms with Gasteiger partial charge < -0.3 is 14.8 Å². The predicted molar refractivity (Wildman–Crippen MR) is 145 cm³/mol. The normalized spacial score (nSPS) is 13.7. The molecular weight excluding hydrogens is 456 g/mol. The van der Waals surface area contributed by atoms with Gasteiger partial charge in [0.2, 0.25) is 0 Å². The molecule has 1 aromatic heterocycles. The Balaban J connectivity index is 1.63. The zero-order chi connectivity index (χ0) is 24.5. The molecule has 0 saturated carbocycles.